The second-order valence-electron chi connectivity index (χ2n) is 6.62. The Kier molecular flexibility index (Phi) is 7.19. The number of imidazole rings is 1. The van der Waals surface area contributed by atoms with E-state index in [2.05, 4.69) is 68.3 Å². The van der Waals surface area contributed by atoms with Crippen LogP contribution in [0, 0.1) is 13.8 Å². The summed E-state index contributed by atoms with van der Waals surface area (Å²) in [5.41, 5.74) is 2.46. The summed E-state index contributed by atoms with van der Waals surface area (Å²) in [7, 11) is 1.79. The van der Waals surface area contributed by atoms with E-state index in [0.717, 1.165) is 48.4 Å². The van der Waals surface area contributed by atoms with Crippen LogP contribution >= 0.6 is 11.3 Å². The van der Waals surface area contributed by atoms with Gasteiger partial charge in [0.1, 0.15) is 5.82 Å². The number of benzene rings is 1. The first-order valence-electron chi connectivity index (χ1n) is 9.57. The van der Waals surface area contributed by atoms with Crippen molar-refractivity contribution < 1.29 is 0 Å². The molecule has 6 nitrogen and oxygen atoms in total. The molecule has 2 aromatic heterocycles. The molecule has 0 unspecified atom stereocenters. The SMILES string of the molecule is CN=C(NCCc1nc(C)c(C)s1)NCc1nccn1CCc1ccccc1. The van der Waals surface area contributed by atoms with E-state index < -0.39 is 0 Å². The molecule has 148 valence electrons. The van der Waals surface area contributed by atoms with Crippen LogP contribution in [0.3, 0.4) is 0 Å². The normalized spacial score (nSPS) is 11.6. The van der Waals surface area contributed by atoms with E-state index in [0.29, 0.717) is 6.54 Å². The van der Waals surface area contributed by atoms with Crippen molar-refractivity contribution in [3.8, 4) is 0 Å². The highest BCUT2D eigenvalue weighted by Gasteiger charge is 2.06. The molecule has 0 spiro atoms. The lowest BCUT2D eigenvalue weighted by molar-refractivity contribution is 0.634. The van der Waals surface area contributed by atoms with Crippen molar-refractivity contribution in [3.05, 3.63) is 69.7 Å². The van der Waals surface area contributed by atoms with Crippen LogP contribution in [0.2, 0.25) is 0 Å². The Hall–Kier alpha value is -2.67. The van der Waals surface area contributed by atoms with Crippen LogP contribution < -0.4 is 10.6 Å². The zero-order valence-electron chi connectivity index (χ0n) is 16.8. The van der Waals surface area contributed by atoms with Crippen molar-refractivity contribution in [1.82, 2.24) is 25.2 Å². The smallest absolute Gasteiger partial charge is 0.191 e. The zero-order valence-corrected chi connectivity index (χ0v) is 17.6. The molecule has 0 saturated heterocycles. The molecule has 28 heavy (non-hydrogen) atoms. The van der Waals surface area contributed by atoms with Crippen LogP contribution in [-0.2, 0) is 25.9 Å². The monoisotopic (exact) mass is 396 g/mol. The number of aromatic nitrogens is 3. The van der Waals surface area contributed by atoms with E-state index in [1.54, 1.807) is 18.4 Å². The molecule has 0 bridgehead atoms. The molecular weight excluding hydrogens is 368 g/mol. The summed E-state index contributed by atoms with van der Waals surface area (Å²) in [5, 5.41) is 7.87. The van der Waals surface area contributed by atoms with Crippen molar-refractivity contribution in [2.24, 2.45) is 4.99 Å². The molecule has 0 aliphatic carbocycles. The standard InChI is InChI=1S/C21H28N6S/c1-16-17(2)28-20(26-16)9-11-24-21(22-3)25-15-19-23-12-14-27(19)13-10-18-7-5-4-6-8-18/h4-8,12,14H,9-11,13,15H2,1-3H3,(H2,22,24,25). The molecule has 0 saturated carbocycles. The highest BCUT2D eigenvalue weighted by atomic mass is 32.1. The summed E-state index contributed by atoms with van der Waals surface area (Å²) >= 11 is 1.77. The molecule has 2 N–H and O–H groups in total. The van der Waals surface area contributed by atoms with Gasteiger partial charge in [0.05, 0.1) is 17.2 Å². The van der Waals surface area contributed by atoms with E-state index in [1.807, 2.05) is 18.5 Å². The van der Waals surface area contributed by atoms with Crippen molar-refractivity contribution in [1.29, 1.82) is 0 Å². The first-order chi connectivity index (χ1) is 13.7. The number of nitrogens with zero attached hydrogens (tertiary/aromatic N) is 4. The van der Waals surface area contributed by atoms with Gasteiger partial charge in [-0.05, 0) is 25.8 Å². The lowest BCUT2D eigenvalue weighted by atomic mass is 10.1. The zero-order chi connectivity index (χ0) is 19.8. The van der Waals surface area contributed by atoms with Crippen molar-refractivity contribution >= 4 is 17.3 Å². The second-order valence-corrected chi connectivity index (χ2v) is 7.91. The highest BCUT2D eigenvalue weighted by Crippen LogP contribution is 2.16. The molecule has 3 aromatic rings. The first kappa shape index (κ1) is 20.1. The number of aryl methyl sites for hydroxylation is 4. The molecule has 0 aliphatic rings. The van der Waals surface area contributed by atoms with Gasteiger partial charge in [-0.3, -0.25) is 4.99 Å². The van der Waals surface area contributed by atoms with Gasteiger partial charge < -0.3 is 15.2 Å². The number of hydrogen-bond acceptors (Lipinski definition) is 4. The molecule has 0 atom stereocenters. The molecular formula is C21H28N6S. The van der Waals surface area contributed by atoms with E-state index in [9.17, 15) is 0 Å². The minimum absolute atomic E-state index is 0.636. The Bertz CT molecular complexity index is 877. The topological polar surface area (TPSA) is 67.1 Å². The maximum absolute atomic E-state index is 4.58. The predicted octanol–water partition coefficient (Wildman–Crippen LogP) is 3.11. The maximum atomic E-state index is 4.58. The van der Waals surface area contributed by atoms with Crippen LogP contribution in [-0.4, -0.2) is 34.1 Å². The number of guanidine groups is 1. The third-order valence-corrected chi connectivity index (χ3v) is 5.76. The Balaban J connectivity index is 1.45. The maximum Gasteiger partial charge on any atom is 0.191 e. The number of aliphatic imine (C=N–C) groups is 1. The van der Waals surface area contributed by atoms with Gasteiger partial charge in [-0.25, -0.2) is 9.97 Å². The molecule has 0 radical (unpaired) electrons. The Morgan fingerprint density at radius 2 is 1.96 bits per heavy atom. The van der Waals surface area contributed by atoms with E-state index in [-0.39, 0.29) is 0 Å². The van der Waals surface area contributed by atoms with Gasteiger partial charge in [0.25, 0.3) is 0 Å². The fraction of sp³-hybridized carbons (Fsp3) is 0.381. The fourth-order valence-electron chi connectivity index (χ4n) is 2.92. The summed E-state index contributed by atoms with van der Waals surface area (Å²) < 4.78 is 2.19. The second kappa shape index (κ2) is 10.0. The average Bonchev–Trinajstić information content (AvgIpc) is 3.29. The third kappa shape index (κ3) is 5.66. The van der Waals surface area contributed by atoms with E-state index in [4.69, 9.17) is 0 Å². The Morgan fingerprint density at radius 3 is 2.68 bits per heavy atom. The van der Waals surface area contributed by atoms with E-state index in [1.165, 1.54) is 10.4 Å². The molecule has 0 aliphatic heterocycles. The Labute approximate surface area is 170 Å². The van der Waals surface area contributed by atoms with Crippen LogP contribution in [0.25, 0.3) is 0 Å². The van der Waals surface area contributed by atoms with Crippen molar-refractivity contribution in [2.45, 2.75) is 39.8 Å². The molecule has 0 fully saturated rings. The minimum Gasteiger partial charge on any atom is -0.356 e. The molecule has 0 amide bonds. The van der Waals surface area contributed by atoms with Gasteiger partial charge >= 0.3 is 0 Å². The van der Waals surface area contributed by atoms with Gasteiger partial charge in [0, 0.05) is 43.8 Å². The predicted molar refractivity (Wildman–Crippen MR) is 116 cm³/mol. The van der Waals surface area contributed by atoms with Crippen LogP contribution in [0.5, 0.6) is 0 Å². The number of hydrogen-bond donors (Lipinski definition) is 2. The molecule has 2 heterocycles. The summed E-state index contributed by atoms with van der Waals surface area (Å²) in [6, 6.07) is 10.5. The summed E-state index contributed by atoms with van der Waals surface area (Å²) in [6.07, 6.45) is 5.77. The summed E-state index contributed by atoms with van der Waals surface area (Å²) in [5.74, 6) is 1.78. The largest absolute Gasteiger partial charge is 0.356 e. The van der Waals surface area contributed by atoms with Gasteiger partial charge in [0.2, 0.25) is 0 Å². The summed E-state index contributed by atoms with van der Waals surface area (Å²) in [6.45, 7) is 6.52. The van der Waals surface area contributed by atoms with Gasteiger partial charge in [-0.2, -0.15) is 0 Å². The minimum atomic E-state index is 0.636. The number of thiazole rings is 1. The first-order valence-corrected chi connectivity index (χ1v) is 10.4. The number of nitrogens with one attached hydrogen (secondary N) is 2. The average molecular weight is 397 g/mol. The quantitative estimate of drug-likeness (QED) is 0.454. The molecule has 3 rings (SSSR count). The third-order valence-electron chi connectivity index (χ3n) is 4.63. The fourth-order valence-corrected chi connectivity index (χ4v) is 3.86. The highest BCUT2D eigenvalue weighted by molar-refractivity contribution is 7.11. The number of rotatable bonds is 8. The van der Waals surface area contributed by atoms with Gasteiger partial charge in [-0.1, -0.05) is 30.3 Å². The van der Waals surface area contributed by atoms with Crippen LogP contribution in [0.4, 0.5) is 0 Å². The lowest BCUT2D eigenvalue weighted by Crippen LogP contribution is -2.38. The lowest BCUT2D eigenvalue weighted by Gasteiger charge is -2.12. The van der Waals surface area contributed by atoms with Gasteiger partial charge in [-0.15, -0.1) is 11.3 Å². The van der Waals surface area contributed by atoms with Crippen LogP contribution in [0.15, 0.2) is 47.7 Å². The van der Waals surface area contributed by atoms with Crippen molar-refractivity contribution in [3.63, 3.8) is 0 Å². The van der Waals surface area contributed by atoms with Crippen LogP contribution in [0.1, 0.15) is 27.0 Å². The summed E-state index contributed by atoms with van der Waals surface area (Å²) in [4.78, 5) is 14.7. The van der Waals surface area contributed by atoms with E-state index >= 15 is 0 Å². The van der Waals surface area contributed by atoms with Crippen molar-refractivity contribution in [2.75, 3.05) is 13.6 Å². The molecule has 7 heteroatoms. The Morgan fingerprint density at radius 1 is 1.14 bits per heavy atom. The molecule has 1 aromatic carbocycles. The van der Waals surface area contributed by atoms with Gasteiger partial charge in [0.15, 0.2) is 5.96 Å².